The van der Waals surface area contributed by atoms with Crippen LogP contribution in [0.2, 0.25) is 0 Å². The fourth-order valence-electron chi connectivity index (χ4n) is 4.74. The van der Waals surface area contributed by atoms with Gasteiger partial charge in [-0.3, -0.25) is 4.68 Å². The smallest absolute Gasteiger partial charge is 0.408 e. The summed E-state index contributed by atoms with van der Waals surface area (Å²) in [6.45, 7) is -1.36. The first kappa shape index (κ1) is 23.1. The lowest BCUT2D eigenvalue weighted by Gasteiger charge is -2.11. The first-order valence-corrected chi connectivity index (χ1v) is 11.3. The van der Waals surface area contributed by atoms with Crippen molar-refractivity contribution in [2.75, 3.05) is 14.2 Å². The molecule has 9 nitrogen and oxygen atoms in total. The molecule has 6 rings (SSSR count). The van der Waals surface area contributed by atoms with Gasteiger partial charge in [0.15, 0.2) is 11.5 Å². The molecule has 190 valence electrons. The zero-order valence-electron chi connectivity index (χ0n) is 19.6. The molecular weight excluding hydrogens is 494 g/mol. The first-order valence-electron chi connectivity index (χ1n) is 11.3. The normalized spacial score (nSPS) is 17.5. The number of rotatable bonds is 6. The summed E-state index contributed by atoms with van der Waals surface area (Å²) in [6.07, 6.45) is 2.16. The quantitative estimate of drug-likeness (QED) is 0.308. The van der Waals surface area contributed by atoms with E-state index in [1.54, 1.807) is 35.2 Å². The summed E-state index contributed by atoms with van der Waals surface area (Å²) in [6, 6.07) is 5.20. The van der Waals surface area contributed by atoms with Gasteiger partial charge in [-0.15, -0.1) is 0 Å². The highest BCUT2D eigenvalue weighted by Gasteiger charge is 2.43. The van der Waals surface area contributed by atoms with Gasteiger partial charge < -0.3 is 9.47 Å². The lowest BCUT2D eigenvalue weighted by molar-refractivity contribution is -0.141. The van der Waals surface area contributed by atoms with Crippen LogP contribution in [0.1, 0.15) is 29.4 Å². The van der Waals surface area contributed by atoms with Crippen molar-refractivity contribution >= 4 is 16.6 Å². The predicted molar refractivity (Wildman–Crippen MR) is 123 cm³/mol. The molecule has 1 aromatic carbocycles. The molecule has 1 aliphatic carbocycles. The molecule has 4 heterocycles. The predicted octanol–water partition coefficient (Wildman–Crippen LogP) is 4.53. The van der Waals surface area contributed by atoms with Crippen LogP contribution in [-0.2, 0) is 6.54 Å². The number of fused-ring (bicyclic) bond motifs is 2. The Morgan fingerprint density at radius 3 is 2.62 bits per heavy atom. The SMILES string of the molecule is COc1ncc(-c2cc([C@H]3C[C@@H]3c3ccc4cnn(CC(F)(F)F)c4c3F)c3nccn3n2)c(OC)n1. The van der Waals surface area contributed by atoms with Gasteiger partial charge in [-0.1, -0.05) is 12.1 Å². The number of aromatic nitrogens is 7. The minimum atomic E-state index is -4.52. The number of ether oxygens (including phenoxy) is 2. The molecule has 37 heavy (non-hydrogen) atoms. The Balaban J connectivity index is 1.40. The third-order valence-electron chi connectivity index (χ3n) is 6.46. The summed E-state index contributed by atoms with van der Waals surface area (Å²) in [5.74, 6) is -0.789. The molecule has 0 spiro atoms. The molecule has 0 radical (unpaired) electrons. The molecule has 0 saturated heterocycles. The van der Waals surface area contributed by atoms with E-state index in [4.69, 9.17) is 9.47 Å². The van der Waals surface area contributed by atoms with E-state index in [0.29, 0.717) is 39.0 Å². The Morgan fingerprint density at radius 2 is 1.86 bits per heavy atom. The van der Waals surface area contributed by atoms with Crippen molar-refractivity contribution in [2.45, 2.75) is 31.0 Å². The van der Waals surface area contributed by atoms with E-state index >= 15 is 4.39 Å². The Hall–Kier alpha value is -4.29. The van der Waals surface area contributed by atoms with Gasteiger partial charge in [0.05, 0.1) is 31.7 Å². The highest BCUT2D eigenvalue weighted by molar-refractivity contribution is 5.80. The molecule has 0 aliphatic heterocycles. The van der Waals surface area contributed by atoms with Gasteiger partial charge in [-0.2, -0.15) is 28.4 Å². The van der Waals surface area contributed by atoms with Crippen LogP contribution in [-0.4, -0.2) is 54.7 Å². The molecular formula is C24H19F4N7O2. The largest absolute Gasteiger partial charge is 0.480 e. The number of halogens is 4. The summed E-state index contributed by atoms with van der Waals surface area (Å²) >= 11 is 0. The van der Waals surface area contributed by atoms with E-state index in [1.807, 2.05) is 6.07 Å². The molecule has 5 aromatic rings. The number of imidazole rings is 1. The molecule has 1 saturated carbocycles. The average Bonchev–Trinajstić information content (AvgIpc) is 3.31. The zero-order chi connectivity index (χ0) is 25.9. The van der Waals surface area contributed by atoms with E-state index in [2.05, 4.69) is 25.1 Å². The Kier molecular flexibility index (Phi) is 5.24. The van der Waals surface area contributed by atoms with Crippen molar-refractivity contribution in [3.05, 3.63) is 59.9 Å². The van der Waals surface area contributed by atoms with Crippen LogP contribution in [0.4, 0.5) is 17.6 Å². The van der Waals surface area contributed by atoms with Crippen molar-refractivity contribution < 1.29 is 27.0 Å². The topological polar surface area (TPSA) is 92.3 Å². The van der Waals surface area contributed by atoms with E-state index in [0.717, 1.165) is 5.56 Å². The van der Waals surface area contributed by atoms with Crippen LogP contribution >= 0.6 is 0 Å². The van der Waals surface area contributed by atoms with Gasteiger partial charge in [-0.25, -0.2) is 18.9 Å². The van der Waals surface area contributed by atoms with Crippen molar-refractivity contribution in [2.24, 2.45) is 0 Å². The van der Waals surface area contributed by atoms with Crippen molar-refractivity contribution in [1.29, 1.82) is 0 Å². The molecule has 1 fully saturated rings. The van der Waals surface area contributed by atoms with E-state index in [-0.39, 0.29) is 29.2 Å². The van der Waals surface area contributed by atoms with Crippen LogP contribution in [0, 0.1) is 5.82 Å². The molecule has 4 aromatic heterocycles. The van der Waals surface area contributed by atoms with Gasteiger partial charge in [0.2, 0.25) is 5.88 Å². The highest BCUT2D eigenvalue weighted by Crippen LogP contribution is 2.56. The van der Waals surface area contributed by atoms with Crippen LogP contribution < -0.4 is 9.47 Å². The fraction of sp³-hybridized carbons (Fsp3) is 0.292. The van der Waals surface area contributed by atoms with Crippen LogP contribution in [0.15, 0.2) is 43.0 Å². The maximum absolute atomic E-state index is 15.6. The lowest BCUT2D eigenvalue weighted by Crippen LogP contribution is -2.19. The minimum absolute atomic E-state index is 0.122. The van der Waals surface area contributed by atoms with E-state index in [1.165, 1.54) is 20.4 Å². The molecule has 1 aliphatic rings. The zero-order valence-corrected chi connectivity index (χ0v) is 19.6. The van der Waals surface area contributed by atoms with Crippen LogP contribution in [0.3, 0.4) is 0 Å². The average molecular weight is 513 g/mol. The summed E-state index contributed by atoms with van der Waals surface area (Å²) in [5.41, 5.74) is 2.66. The summed E-state index contributed by atoms with van der Waals surface area (Å²) in [4.78, 5) is 12.8. The number of nitrogens with zero attached hydrogens (tertiary/aromatic N) is 7. The molecule has 0 bridgehead atoms. The van der Waals surface area contributed by atoms with Gasteiger partial charge in [-0.05, 0) is 29.9 Å². The fourth-order valence-corrected chi connectivity index (χ4v) is 4.74. The van der Waals surface area contributed by atoms with Gasteiger partial charge in [0.1, 0.15) is 12.1 Å². The summed E-state index contributed by atoms with van der Waals surface area (Å²) < 4.78 is 67.3. The number of hydrogen-bond acceptors (Lipinski definition) is 7. The monoisotopic (exact) mass is 513 g/mol. The Bertz CT molecular complexity index is 1650. The maximum Gasteiger partial charge on any atom is 0.408 e. The second kappa shape index (κ2) is 8.39. The van der Waals surface area contributed by atoms with Crippen molar-refractivity contribution in [3.8, 4) is 23.1 Å². The highest BCUT2D eigenvalue weighted by atomic mass is 19.4. The van der Waals surface area contributed by atoms with E-state index < -0.39 is 18.5 Å². The second-order valence-corrected chi connectivity index (χ2v) is 8.73. The first-order chi connectivity index (χ1) is 17.8. The number of benzene rings is 1. The van der Waals surface area contributed by atoms with Crippen molar-refractivity contribution in [1.82, 2.24) is 34.3 Å². The second-order valence-electron chi connectivity index (χ2n) is 8.73. The Labute approximate surface area is 206 Å². The van der Waals surface area contributed by atoms with Gasteiger partial charge in [0, 0.05) is 29.5 Å². The van der Waals surface area contributed by atoms with Gasteiger partial charge in [0.25, 0.3) is 0 Å². The maximum atomic E-state index is 15.6. The number of methoxy groups -OCH3 is 2. The molecule has 0 amide bonds. The van der Waals surface area contributed by atoms with Crippen LogP contribution in [0.5, 0.6) is 11.9 Å². The third kappa shape index (κ3) is 3.99. The third-order valence-corrected chi connectivity index (χ3v) is 6.46. The Morgan fingerprint density at radius 1 is 1.05 bits per heavy atom. The summed E-state index contributed by atoms with van der Waals surface area (Å²) in [5, 5.41) is 8.66. The number of alkyl halides is 3. The van der Waals surface area contributed by atoms with Gasteiger partial charge >= 0.3 is 12.2 Å². The molecule has 0 N–H and O–H groups in total. The lowest BCUT2D eigenvalue weighted by atomic mass is 10.0. The minimum Gasteiger partial charge on any atom is -0.480 e. The standard InChI is InChI=1S/C24H19F4N7O2/c1-36-22-17(10-30-23(32-22)37-2)18-8-16(21-29-5-6-34(21)33-18)15-7-14(15)13-4-3-12-9-31-35(11-24(26,27)28)20(12)19(13)25/h3-6,8-10,14-15H,7,11H2,1-2H3/t14-,15+/m1/s1. The van der Waals surface area contributed by atoms with E-state index in [9.17, 15) is 13.2 Å². The van der Waals surface area contributed by atoms with Crippen LogP contribution in [0.25, 0.3) is 27.8 Å². The summed E-state index contributed by atoms with van der Waals surface area (Å²) in [7, 11) is 2.92. The molecule has 0 unspecified atom stereocenters. The van der Waals surface area contributed by atoms with Crippen molar-refractivity contribution in [3.63, 3.8) is 0 Å². The molecule has 2 atom stereocenters. The molecule has 13 heteroatoms. The number of hydrogen-bond donors (Lipinski definition) is 0.